The van der Waals surface area contributed by atoms with Crippen molar-refractivity contribution in [3.63, 3.8) is 0 Å². The second kappa shape index (κ2) is 36.6. The van der Waals surface area contributed by atoms with Gasteiger partial charge in [-0.2, -0.15) is 212 Å². The van der Waals surface area contributed by atoms with Crippen LogP contribution in [0, 0.1) is 56.4 Å². The predicted molar refractivity (Wildman–Crippen MR) is 371 cm³/mol. The molecular formula is C81H76Ir3N9. The fraction of sp³-hybridized carbons (Fsp3) is 0.136. The molecule has 0 amide bonds. The molecule has 0 atom stereocenters. The summed E-state index contributed by atoms with van der Waals surface area (Å²) in [5.74, 6) is 0. The van der Waals surface area contributed by atoms with Crippen LogP contribution in [0.5, 0.6) is 0 Å². The number of nitrogens with zero attached hydrogens (tertiary/aromatic N) is 9. The first kappa shape index (κ1) is 73.5. The van der Waals surface area contributed by atoms with Crippen LogP contribution in [0.15, 0.2) is 298 Å². The van der Waals surface area contributed by atoms with Crippen LogP contribution in [0.25, 0.3) is 0 Å². The number of anilines is 6. The predicted octanol–water partition coefficient (Wildman–Crippen LogP) is 18.0. The van der Waals surface area contributed by atoms with Crippen LogP contribution in [-0.4, -0.2) is 33.9 Å². The van der Waals surface area contributed by atoms with Crippen molar-refractivity contribution in [2.24, 2.45) is 0 Å². The summed E-state index contributed by atoms with van der Waals surface area (Å²) in [6, 6.07) is 104. The van der Waals surface area contributed by atoms with Gasteiger partial charge in [0.25, 0.3) is 0 Å². The van der Waals surface area contributed by atoms with E-state index in [4.69, 9.17) is 0 Å². The number of pyridine rings is 3. The summed E-state index contributed by atoms with van der Waals surface area (Å²) in [7, 11) is 4.06. The van der Waals surface area contributed by atoms with Gasteiger partial charge in [0.15, 0.2) is 0 Å². The summed E-state index contributed by atoms with van der Waals surface area (Å²) in [6.45, 7) is 19.1. The molecule has 0 saturated heterocycles. The Kier molecular flexibility index (Phi) is 28.9. The summed E-state index contributed by atoms with van der Waals surface area (Å²) in [5.41, 5.74) is 13.3. The molecule has 9 nitrogen and oxygen atoms in total. The van der Waals surface area contributed by atoms with Crippen LogP contribution in [0.1, 0.15) is 75.3 Å². The van der Waals surface area contributed by atoms with Gasteiger partial charge in [-0.25, -0.2) is 0 Å². The van der Waals surface area contributed by atoms with Gasteiger partial charge in [0.1, 0.15) is 0 Å². The molecule has 11 aromatic rings. The van der Waals surface area contributed by atoms with Gasteiger partial charge in [-0.3, -0.25) is 15.0 Å². The summed E-state index contributed by atoms with van der Waals surface area (Å²) in [4.78, 5) is 25.7. The van der Waals surface area contributed by atoms with Crippen molar-refractivity contribution >= 4 is 34.1 Å². The maximum atomic E-state index is 4.41. The van der Waals surface area contributed by atoms with Crippen molar-refractivity contribution in [3.8, 4) is 0 Å². The molecular weight excluding hydrogens is 1680 g/mol. The maximum absolute atomic E-state index is 4.41. The minimum absolute atomic E-state index is 0. The molecule has 0 spiro atoms. The molecule has 0 fully saturated rings. The van der Waals surface area contributed by atoms with Gasteiger partial charge < -0.3 is 29.4 Å². The summed E-state index contributed by atoms with van der Waals surface area (Å²) in [6.07, 6.45) is 13.6. The Hall–Kier alpha value is -8.56. The Balaban J connectivity index is 0.000000176. The number of benzene rings is 8. The van der Waals surface area contributed by atoms with Crippen LogP contribution in [0.2, 0.25) is 0 Å². The van der Waals surface area contributed by atoms with E-state index < -0.39 is 0 Å². The summed E-state index contributed by atoms with van der Waals surface area (Å²) < 4.78 is 0. The Morgan fingerprint density at radius 3 is 1.02 bits per heavy atom. The van der Waals surface area contributed by atoms with Crippen LogP contribution in [0.3, 0.4) is 0 Å². The maximum Gasteiger partial charge on any atom is 3.00 e. The summed E-state index contributed by atoms with van der Waals surface area (Å²) >= 11 is 0. The molecule has 6 heterocycles. The van der Waals surface area contributed by atoms with Gasteiger partial charge in [0, 0.05) is 69.0 Å². The number of aromatic nitrogens is 3. The molecule has 0 aliphatic carbocycles. The second-order valence-electron chi connectivity index (χ2n) is 22.7. The van der Waals surface area contributed by atoms with Gasteiger partial charge >= 0.3 is 60.3 Å². The van der Waals surface area contributed by atoms with E-state index in [-0.39, 0.29) is 76.6 Å². The second-order valence-corrected chi connectivity index (χ2v) is 22.7. The standard InChI is InChI=1S/C15H12N2.C14H12N2.3C14H14N.C10H10N2.3Ir/c1-3-7-14(8-4-1)16-11-12-17(13-16)15-9-5-2-6-10-15;1-15-11-16(12-7-3-2-4-8-12)14-10-6-5-9-13(14)15;3*1-14(2,12-8-4-3-5-9-12)13-10-6-7-11-15-13;1-11-7-8-12(9-11)10-5-3-2-4-6-10;;;/h1-9,11-13H;2-7,9-11H,1H3;3*3-8,10-11H,1-2H3;2-5,7-9H,1H3;;;/q2*-2;3*-1;-2;3*+3. The Morgan fingerprint density at radius 2 is 0.656 bits per heavy atom. The monoisotopic (exact) mass is 1750 g/mol. The zero-order valence-corrected chi connectivity index (χ0v) is 60.7. The van der Waals surface area contributed by atoms with E-state index in [9.17, 15) is 0 Å². The fourth-order valence-corrected chi connectivity index (χ4v) is 9.88. The van der Waals surface area contributed by atoms with Gasteiger partial charge in [-0.1, -0.05) is 90.1 Å². The average molecular weight is 1750 g/mol. The van der Waals surface area contributed by atoms with E-state index in [0.29, 0.717) is 0 Å². The average Bonchev–Trinajstić information content (AvgIpc) is 1.83. The van der Waals surface area contributed by atoms with Gasteiger partial charge in [-0.15, -0.1) is 23.7 Å². The van der Waals surface area contributed by atoms with E-state index in [2.05, 4.69) is 200 Å². The summed E-state index contributed by atoms with van der Waals surface area (Å²) in [5, 5.41) is 0. The smallest absolute Gasteiger partial charge is 0.510 e. The molecule has 0 bridgehead atoms. The quantitative estimate of drug-likeness (QED) is 0.125. The first-order valence-corrected chi connectivity index (χ1v) is 30.0. The number of rotatable bonds is 10. The number of hydrogen-bond acceptors (Lipinski definition) is 9. The number of fused-ring (bicyclic) bond motifs is 1. The van der Waals surface area contributed by atoms with Crippen molar-refractivity contribution in [2.75, 3.05) is 38.6 Å². The molecule has 14 rings (SSSR count). The fourth-order valence-electron chi connectivity index (χ4n) is 9.88. The third kappa shape index (κ3) is 20.5. The molecule has 3 aliphatic rings. The molecule has 0 N–H and O–H groups in total. The molecule has 3 aliphatic heterocycles. The zero-order valence-electron chi connectivity index (χ0n) is 53.5. The molecule has 0 unspecified atom stereocenters. The van der Waals surface area contributed by atoms with Crippen LogP contribution in [0.4, 0.5) is 34.1 Å². The molecule has 0 radical (unpaired) electrons. The Morgan fingerprint density at radius 1 is 0.312 bits per heavy atom. The van der Waals surface area contributed by atoms with Crippen molar-refractivity contribution in [1.29, 1.82) is 0 Å². The molecule has 12 heteroatoms. The molecule has 472 valence electrons. The number of hydrogen-bond donors (Lipinski definition) is 0. The molecule has 8 aromatic carbocycles. The minimum atomic E-state index is -0.0808. The van der Waals surface area contributed by atoms with Gasteiger partial charge in [-0.05, 0) is 99.6 Å². The van der Waals surface area contributed by atoms with Gasteiger partial charge in [0.2, 0.25) is 0 Å². The molecule has 3 aromatic heterocycles. The van der Waals surface area contributed by atoms with Crippen LogP contribution >= 0.6 is 0 Å². The van der Waals surface area contributed by atoms with E-state index in [1.165, 1.54) is 28.1 Å². The third-order valence-electron chi connectivity index (χ3n) is 15.2. The largest absolute Gasteiger partial charge is 3.00 e. The third-order valence-corrected chi connectivity index (χ3v) is 15.2. The van der Waals surface area contributed by atoms with E-state index in [0.717, 1.165) is 39.8 Å². The first-order chi connectivity index (χ1) is 43.8. The van der Waals surface area contributed by atoms with Crippen LogP contribution < -0.4 is 24.5 Å². The van der Waals surface area contributed by atoms with E-state index in [1.54, 1.807) is 0 Å². The van der Waals surface area contributed by atoms with Crippen molar-refractivity contribution in [1.82, 2.24) is 19.9 Å². The normalized spacial score (nSPS) is 12.6. The first-order valence-electron chi connectivity index (χ1n) is 30.0. The van der Waals surface area contributed by atoms with Crippen LogP contribution in [-0.2, 0) is 76.6 Å². The minimum Gasteiger partial charge on any atom is -0.510 e. The molecule has 0 saturated carbocycles. The topological polar surface area (TPSA) is 58.1 Å². The molecule has 93 heavy (non-hydrogen) atoms. The van der Waals surface area contributed by atoms with Gasteiger partial charge in [0.05, 0.1) is 0 Å². The van der Waals surface area contributed by atoms with Crippen molar-refractivity contribution in [2.45, 2.75) is 57.8 Å². The van der Waals surface area contributed by atoms with Crippen molar-refractivity contribution < 1.29 is 60.3 Å². The zero-order chi connectivity index (χ0) is 63.0. The number of para-hydroxylation sites is 6. The SMILES string of the molecule is CC(C)(c1[c-]cccc1)c1ccccn1.CC(C)(c1[c-]cccc1)c1ccccn1.CC(C)(c1[c-]cccc1)c1ccccn1.CN1C=CN(c2[c-]cccc2)[CH-]1.CN1[CH-]N(c2[c-]cccc2)c2ccccc21.[Ir+3].[Ir+3].[Ir+3].[c-]1ccccc1N1C=CN(c2ccccc2)[CH-]1. The van der Waals surface area contributed by atoms with E-state index in [1.807, 2.05) is 254 Å². The van der Waals surface area contributed by atoms with Crippen molar-refractivity contribution in [3.05, 3.63) is 388 Å². The van der Waals surface area contributed by atoms with E-state index >= 15 is 0 Å². The Bertz CT molecular complexity index is 3500. The Labute approximate surface area is 594 Å².